The number of benzene rings is 1. The number of urea groups is 1. The lowest BCUT2D eigenvalue weighted by Gasteiger charge is -2.41. The van der Waals surface area contributed by atoms with Crippen molar-refractivity contribution >= 4 is 23.5 Å². The summed E-state index contributed by atoms with van der Waals surface area (Å²) in [5.41, 5.74) is 0.212. The molecule has 1 spiro atoms. The van der Waals surface area contributed by atoms with Gasteiger partial charge in [-0.3, -0.25) is 14.5 Å². The van der Waals surface area contributed by atoms with Crippen molar-refractivity contribution in [3.05, 3.63) is 41.2 Å². The summed E-state index contributed by atoms with van der Waals surface area (Å²) in [6.07, 6.45) is 0.904. The van der Waals surface area contributed by atoms with Gasteiger partial charge in [-0.1, -0.05) is 24.3 Å². The highest BCUT2D eigenvalue weighted by atomic mass is 16.2. The lowest BCUT2D eigenvalue weighted by atomic mass is 9.85. The average Bonchev–Trinajstić information content (AvgIpc) is 2.87. The highest BCUT2D eigenvalue weighted by molar-refractivity contribution is 6.07. The summed E-state index contributed by atoms with van der Waals surface area (Å²) in [7, 11) is 0. The van der Waals surface area contributed by atoms with Crippen molar-refractivity contribution in [2.24, 2.45) is 0 Å². The molecule has 3 rings (SSSR count). The number of piperidine rings is 1. The van der Waals surface area contributed by atoms with Crippen molar-refractivity contribution in [1.82, 2.24) is 14.7 Å². The van der Waals surface area contributed by atoms with Gasteiger partial charge in [-0.15, -0.1) is 0 Å². The van der Waals surface area contributed by atoms with E-state index in [2.05, 4.69) is 4.85 Å². The Morgan fingerprint density at radius 1 is 1.12 bits per heavy atom. The Labute approximate surface area is 153 Å². The average molecular weight is 354 g/mol. The van der Waals surface area contributed by atoms with Crippen LogP contribution in [-0.4, -0.2) is 64.3 Å². The van der Waals surface area contributed by atoms with Crippen LogP contribution >= 0.6 is 0 Å². The van der Waals surface area contributed by atoms with E-state index >= 15 is 0 Å². The number of rotatable bonds is 3. The van der Waals surface area contributed by atoms with E-state index in [1.807, 2.05) is 6.92 Å². The maximum atomic E-state index is 12.8. The minimum atomic E-state index is -0.813. The molecule has 2 saturated heterocycles. The normalized spacial score (nSPS) is 19.2. The summed E-state index contributed by atoms with van der Waals surface area (Å²) >= 11 is 0. The van der Waals surface area contributed by atoms with Gasteiger partial charge in [-0.05, 0) is 26.7 Å². The Hall–Kier alpha value is -2.88. The van der Waals surface area contributed by atoms with Crippen LogP contribution < -0.4 is 0 Å². The van der Waals surface area contributed by atoms with Crippen LogP contribution in [0.5, 0.6) is 0 Å². The van der Waals surface area contributed by atoms with Crippen LogP contribution in [0.25, 0.3) is 4.85 Å². The van der Waals surface area contributed by atoms with Crippen LogP contribution in [-0.2, 0) is 4.79 Å². The molecule has 0 radical (unpaired) electrons. The molecule has 0 atom stereocenters. The molecule has 2 fully saturated rings. The summed E-state index contributed by atoms with van der Waals surface area (Å²) in [6, 6.07) is 6.34. The zero-order valence-electron chi connectivity index (χ0n) is 15.1. The fourth-order valence-electron chi connectivity index (χ4n) is 3.92. The number of likely N-dealkylation sites (N-methyl/N-ethyl adjacent to an activating group) is 2. The van der Waals surface area contributed by atoms with Crippen LogP contribution in [0.2, 0.25) is 0 Å². The molecule has 0 saturated carbocycles. The first-order chi connectivity index (χ1) is 12.5. The van der Waals surface area contributed by atoms with E-state index in [9.17, 15) is 14.4 Å². The van der Waals surface area contributed by atoms with Gasteiger partial charge in [0, 0.05) is 31.7 Å². The fraction of sp³-hybridized carbons (Fsp3) is 0.474. The van der Waals surface area contributed by atoms with Crippen molar-refractivity contribution in [3.8, 4) is 0 Å². The molecule has 26 heavy (non-hydrogen) atoms. The lowest BCUT2D eigenvalue weighted by Crippen LogP contribution is -2.57. The van der Waals surface area contributed by atoms with Crippen LogP contribution in [0, 0.1) is 6.57 Å². The number of carbonyl (C=O) groups is 3. The van der Waals surface area contributed by atoms with Crippen molar-refractivity contribution in [2.75, 3.05) is 26.2 Å². The van der Waals surface area contributed by atoms with Gasteiger partial charge in [0.25, 0.3) is 11.8 Å². The molecular formula is C19H22N4O3. The molecule has 0 unspecified atom stereocenters. The molecule has 2 aliphatic rings. The van der Waals surface area contributed by atoms with Crippen LogP contribution in [0.1, 0.15) is 37.0 Å². The maximum Gasteiger partial charge on any atom is 0.327 e. The number of likely N-dealkylation sites (tertiary alicyclic amines) is 1. The zero-order chi connectivity index (χ0) is 18.9. The summed E-state index contributed by atoms with van der Waals surface area (Å²) in [4.78, 5) is 46.0. The van der Waals surface area contributed by atoms with E-state index in [0.29, 0.717) is 50.3 Å². The molecule has 0 aliphatic carbocycles. The topological polar surface area (TPSA) is 65.3 Å². The van der Waals surface area contributed by atoms with E-state index in [1.165, 1.54) is 4.90 Å². The van der Waals surface area contributed by atoms with Crippen molar-refractivity contribution in [3.63, 3.8) is 0 Å². The SMILES string of the molecule is [C-]#[N+]c1ccc(C(=O)N2CCC3(CC2)C(=O)N(CC)C(=O)N3CC)cc1. The van der Waals surface area contributed by atoms with Gasteiger partial charge in [0.15, 0.2) is 5.69 Å². The van der Waals surface area contributed by atoms with Gasteiger partial charge in [-0.2, -0.15) is 0 Å². The standard InChI is InChI=1S/C19H22N4O3/c1-4-22-17(25)19(23(5-2)18(22)26)10-12-21(13-11-19)16(24)14-6-8-15(20-3)9-7-14/h6-9H,4-5,10-13H2,1-2H3. The molecule has 2 heterocycles. The fourth-order valence-corrected chi connectivity index (χ4v) is 3.92. The summed E-state index contributed by atoms with van der Waals surface area (Å²) in [5, 5.41) is 0. The molecule has 0 aromatic heterocycles. The number of hydrogen-bond acceptors (Lipinski definition) is 3. The quantitative estimate of drug-likeness (QED) is 0.619. The molecular weight excluding hydrogens is 332 g/mol. The van der Waals surface area contributed by atoms with Gasteiger partial charge in [0.2, 0.25) is 0 Å². The molecule has 7 nitrogen and oxygen atoms in total. The maximum absolute atomic E-state index is 12.8. The lowest BCUT2D eigenvalue weighted by molar-refractivity contribution is -0.135. The van der Waals surface area contributed by atoms with Crippen molar-refractivity contribution in [1.29, 1.82) is 0 Å². The number of hydrogen-bond donors (Lipinski definition) is 0. The summed E-state index contributed by atoms with van der Waals surface area (Å²) in [5.74, 6) is -0.246. The van der Waals surface area contributed by atoms with Crippen molar-refractivity contribution < 1.29 is 14.4 Å². The van der Waals surface area contributed by atoms with E-state index in [-0.39, 0.29) is 17.8 Å². The van der Waals surface area contributed by atoms with E-state index in [0.717, 1.165) is 0 Å². The first-order valence-electron chi connectivity index (χ1n) is 8.89. The molecule has 1 aromatic rings. The summed E-state index contributed by atoms with van der Waals surface area (Å²) in [6.45, 7) is 12.4. The van der Waals surface area contributed by atoms with Crippen LogP contribution in [0.3, 0.4) is 0 Å². The Balaban J connectivity index is 1.75. The predicted molar refractivity (Wildman–Crippen MR) is 95.7 cm³/mol. The molecule has 4 amide bonds. The molecule has 136 valence electrons. The van der Waals surface area contributed by atoms with E-state index in [1.54, 1.807) is 41.0 Å². The molecule has 0 bridgehead atoms. The van der Waals surface area contributed by atoms with Gasteiger partial charge < -0.3 is 9.80 Å². The highest BCUT2D eigenvalue weighted by Gasteiger charge is 2.57. The van der Waals surface area contributed by atoms with Crippen LogP contribution in [0.4, 0.5) is 10.5 Å². The minimum absolute atomic E-state index is 0.108. The van der Waals surface area contributed by atoms with E-state index in [4.69, 9.17) is 6.57 Å². The third-order valence-electron chi connectivity index (χ3n) is 5.38. The second-order valence-electron chi connectivity index (χ2n) is 6.56. The highest BCUT2D eigenvalue weighted by Crippen LogP contribution is 2.37. The third kappa shape index (κ3) is 2.62. The third-order valence-corrected chi connectivity index (χ3v) is 5.38. The van der Waals surface area contributed by atoms with E-state index < -0.39 is 5.54 Å². The van der Waals surface area contributed by atoms with Gasteiger partial charge in [0.1, 0.15) is 5.54 Å². The first kappa shape index (κ1) is 17.9. The minimum Gasteiger partial charge on any atom is -0.338 e. The Bertz CT molecular complexity index is 773. The Kier molecular flexibility index (Phi) is 4.68. The monoisotopic (exact) mass is 354 g/mol. The Morgan fingerprint density at radius 2 is 1.73 bits per heavy atom. The van der Waals surface area contributed by atoms with Gasteiger partial charge in [0.05, 0.1) is 6.57 Å². The number of amides is 4. The van der Waals surface area contributed by atoms with Crippen molar-refractivity contribution in [2.45, 2.75) is 32.2 Å². The molecule has 0 N–H and O–H groups in total. The van der Waals surface area contributed by atoms with Crippen LogP contribution in [0.15, 0.2) is 24.3 Å². The number of carbonyl (C=O) groups excluding carboxylic acids is 3. The molecule has 2 aliphatic heterocycles. The number of nitrogens with zero attached hydrogens (tertiary/aromatic N) is 4. The first-order valence-corrected chi connectivity index (χ1v) is 8.89. The second-order valence-corrected chi connectivity index (χ2v) is 6.56. The zero-order valence-corrected chi connectivity index (χ0v) is 15.1. The molecule has 7 heteroatoms. The molecule has 1 aromatic carbocycles. The Morgan fingerprint density at radius 3 is 2.23 bits per heavy atom. The van der Waals surface area contributed by atoms with Gasteiger partial charge >= 0.3 is 6.03 Å². The summed E-state index contributed by atoms with van der Waals surface area (Å²) < 4.78 is 0. The largest absolute Gasteiger partial charge is 0.338 e. The number of imide groups is 1. The van der Waals surface area contributed by atoms with Gasteiger partial charge in [-0.25, -0.2) is 9.64 Å². The smallest absolute Gasteiger partial charge is 0.327 e. The second kappa shape index (κ2) is 6.79. The predicted octanol–water partition coefficient (Wildman–Crippen LogP) is 2.52.